The fourth-order valence-electron chi connectivity index (χ4n) is 1.91. The molecule has 0 saturated heterocycles. The van der Waals surface area contributed by atoms with Crippen LogP contribution in [0.25, 0.3) is 0 Å². The summed E-state index contributed by atoms with van der Waals surface area (Å²) in [6.45, 7) is 4.14. The van der Waals surface area contributed by atoms with E-state index in [4.69, 9.17) is 24.3 Å². The van der Waals surface area contributed by atoms with E-state index in [1.807, 2.05) is 0 Å². The van der Waals surface area contributed by atoms with E-state index in [0.29, 0.717) is 17.1 Å². The molecule has 1 aliphatic rings. The van der Waals surface area contributed by atoms with E-state index in [2.05, 4.69) is 0 Å². The van der Waals surface area contributed by atoms with Crippen molar-refractivity contribution in [2.24, 2.45) is 5.73 Å². The van der Waals surface area contributed by atoms with Crippen LogP contribution in [0.3, 0.4) is 0 Å². The van der Waals surface area contributed by atoms with Gasteiger partial charge in [0.15, 0.2) is 11.5 Å². The van der Waals surface area contributed by atoms with Crippen LogP contribution < -0.4 is 15.2 Å². The van der Waals surface area contributed by atoms with E-state index < -0.39 is 13.4 Å². The number of rotatable bonds is 6. The molecule has 2 rings (SSSR count). The molecule has 2 N–H and O–H groups in total. The third-order valence-corrected chi connectivity index (χ3v) is 4.90. The van der Waals surface area contributed by atoms with Gasteiger partial charge in [-0.1, -0.05) is 12.1 Å². The van der Waals surface area contributed by atoms with Gasteiger partial charge in [-0.3, -0.25) is 4.57 Å². The molecular weight excluding hydrogens is 269 g/mol. The molecule has 1 aliphatic heterocycles. The standard InChI is InChI=1S/C12H18NO5P/c1-3-17-19(14,18-4-2)12(13)9-6-5-7-10-11(9)16-8-15-10/h5-7,12H,3-4,8,13H2,1-2H3/t12-/m1/s1. The van der Waals surface area contributed by atoms with Crippen LogP contribution in [0.2, 0.25) is 0 Å². The van der Waals surface area contributed by atoms with Crippen molar-refractivity contribution in [3.05, 3.63) is 23.8 Å². The lowest BCUT2D eigenvalue weighted by Gasteiger charge is -2.24. The van der Waals surface area contributed by atoms with Crippen LogP contribution in [0.1, 0.15) is 25.2 Å². The molecule has 0 fully saturated rings. The lowest BCUT2D eigenvalue weighted by molar-refractivity contribution is 0.172. The molecule has 6 nitrogen and oxygen atoms in total. The molecule has 0 aliphatic carbocycles. The fourth-order valence-corrected chi connectivity index (χ4v) is 3.57. The first-order valence-electron chi connectivity index (χ1n) is 6.15. The zero-order valence-corrected chi connectivity index (χ0v) is 11.9. The largest absolute Gasteiger partial charge is 0.454 e. The summed E-state index contributed by atoms with van der Waals surface area (Å²) in [6.07, 6.45) is 0. The second-order valence-electron chi connectivity index (χ2n) is 3.90. The van der Waals surface area contributed by atoms with Gasteiger partial charge in [-0.2, -0.15) is 0 Å². The number of benzene rings is 1. The van der Waals surface area contributed by atoms with E-state index >= 15 is 0 Å². The highest BCUT2D eigenvalue weighted by molar-refractivity contribution is 7.54. The molecular formula is C12H18NO5P. The number of fused-ring (bicyclic) bond motifs is 1. The minimum atomic E-state index is -3.42. The molecule has 7 heteroatoms. The van der Waals surface area contributed by atoms with Gasteiger partial charge in [0.05, 0.1) is 13.2 Å². The third kappa shape index (κ3) is 2.77. The molecule has 0 aromatic heterocycles. The zero-order valence-electron chi connectivity index (χ0n) is 11.0. The highest BCUT2D eigenvalue weighted by Gasteiger charge is 2.37. The molecule has 1 atom stereocenters. The van der Waals surface area contributed by atoms with Gasteiger partial charge in [0.1, 0.15) is 5.78 Å². The summed E-state index contributed by atoms with van der Waals surface area (Å²) < 4.78 is 33.8. The SMILES string of the molecule is CCOP(=O)(OCC)[C@@H](N)c1cccc2c1OCO2. The Hall–Kier alpha value is -1.07. The van der Waals surface area contributed by atoms with Gasteiger partial charge in [-0.25, -0.2) is 0 Å². The molecule has 0 radical (unpaired) electrons. The normalized spacial score (nSPS) is 15.5. The van der Waals surface area contributed by atoms with Crippen molar-refractivity contribution in [2.75, 3.05) is 20.0 Å². The summed E-state index contributed by atoms with van der Waals surface area (Å²) >= 11 is 0. The molecule has 1 heterocycles. The summed E-state index contributed by atoms with van der Waals surface area (Å²) in [5, 5.41) is 0. The van der Waals surface area contributed by atoms with E-state index in [1.165, 1.54) is 0 Å². The van der Waals surface area contributed by atoms with Crippen molar-refractivity contribution in [3.63, 3.8) is 0 Å². The molecule has 0 bridgehead atoms. The fraction of sp³-hybridized carbons (Fsp3) is 0.500. The van der Waals surface area contributed by atoms with E-state index in [9.17, 15) is 4.57 Å². The molecule has 0 unspecified atom stereocenters. The van der Waals surface area contributed by atoms with Crippen LogP contribution in [0.15, 0.2) is 18.2 Å². The van der Waals surface area contributed by atoms with Gasteiger partial charge >= 0.3 is 7.60 Å². The summed E-state index contributed by atoms with van der Waals surface area (Å²) in [5.41, 5.74) is 6.64. The number of nitrogens with two attached hydrogens (primary N) is 1. The Bertz CT molecular complexity index is 483. The van der Waals surface area contributed by atoms with Crippen molar-refractivity contribution in [2.45, 2.75) is 19.6 Å². The second-order valence-corrected chi connectivity index (χ2v) is 6.05. The molecule has 19 heavy (non-hydrogen) atoms. The molecule has 1 aromatic carbocycles. The van der Waals surface area contributed by atoms with Crippen LogP contribution in [-0.2, 0) is 13.6 Å². The smallest absolute Gasteiger partial charge is 0.351 e. The first-order chi connectivity index (χ1) is 9.12. The topological polar surface area (TPSA) is 80.0 Å². The van der Waals surface area contributed by atoms with Crippen molar-refractivity contribution in [3.8, 4) is 11.5 Å². The molecule has 0 amide bonds. The molecule has 106 valence electrons. The third-order valence-electron chi connectivity index (χ3n) is 2.70. The van der Waals surface area contributed by atoms with Crippen LogP contribution in [0, 0.1) is 0 Å². The number of ether oxygens (including phenoxy) is 2. The van der Waals surface area contributed by atoms with Gasteiger partial charge in [0, 0.05) is 5.56 Å². The van der Waals surface area contributed by atoms with Crippen LogP contribution >= 0.6 is 7.60 Å². The predicted molar refractivity (Wildman–Crippen MR) is 70.4 cm³/mol. The van der Waals surface area contributed by atoms with Crippen molar-refractivity contribution in [1.82, 2.24) is 0 Å². The average molecular weight is 287 g/mol. The van der Waals surface area contributed by atoms with Gasteiger partial charge in [0.2, 0.25) is 6.79 Å². The number of para-hydroxylation sites is 1. The van der Waals surface area contributed by atoms with Crippen molar-refractivity contribution < 1.29 is 23.1 Å². The van der Waals surface area contributed by atoms with Gasteiger partial charge in [-0.15, -0.1) is 0 Å². The Balaban J connectivity index is 2.35. The quantitative estimate of drug-likeness (QED) is 0.810. The Labute approximate surface area is 112 Å². The Morgan fingerprint density at radius 2 is 2.00 bits per heavy atom. The highest BCUT2D eigenvalue weighted by atomic mass is 31.2. The maximum Gasteiger partial charge on any atom is 0.351 e. The second kappa shape index (κ2) is 5.92. The lowest BCUT2D eigenvalue weighted by atomic mass is 10.2. The number of hydrogen-bond donors (Lipinski definition) is 1. The lowest BCUT2D eigenvalue weighted by Crippen LogP contribution is -2.15. The van der Waals surface area contributed by atoms with E-state index in [-0.39, 0.29) is 20.0 Å². The van der Waals surface area contributed by atoms with E-state index in [0.717, 1.165) is 0 Å². The summed E-state index contributed by atoms with van der Waals surface area (Å²) in [7, 11) is -3.42. The van der Waals surface area contributed by atoms with Gasteiger partial charge in [-0.05, 0) is 19.9 Å². The van der Waals surface area contributed by atoms with Crippen LogP contribution in [0.5, 0.6) is 11.5 Å². The molecule has 0 saturated carbocycles. The first kappa shape index (κ1) is 14.3. The first-order valence-corrected chi connectivity index (χ1v) is 7.76. The van der Waals surface area contributed by atoms with Gasteiger partial charge < -0.3 is 24.3 Å². The van der Waals surface area contributed by atoms with Crippen LogP contribution in [0.4, 0.5) is 0 Å². The molecule has 1 aromatic rings. The van der Waals surface area contributed by atoms with E-state index in [1.54, 1.807) is 32.0 Å². The van der Waals surface area contributed by atoms with Crippen LogP contribution in [-0.4, -0.2) is 20.0 Å². The minimum Gasteiger partial charge on any atom is -0.454 e. The minimum absolute atomic E-state index is 0.132. The Kier molecular flexibility index (Phi) is 4.47. The van der Waals surface area contributed by atoms with Crippen molar-refractivity contribution >= 4 is 7.60 Å². The zero-order chi connectivity index (χ0) is 13.9. The summed E-state index contributed by atoms with van der Waals surface area (Å²) in [4.78, 5) is 0. The summed E-state index contributed by atoms with van der Waals surface area (Å²) in [5.74, 6) is 0.200. The Morgan fingerprint density at radius 3 is 2.63 bits per heavy atom. The Morgan fingerprint density at radius 1 is 1.32 bits per heavy atom. The molecule has 0 spiro atoms. The predicted octanol–water partition coefficient (Wildman–Crippen LogP) is 2.64. The monoisotopic (exact) mass is 287 g/mol. The maximum absolute atomic E-state index is 12.6. The summed E-state index contributed by atoms with van der Waals surface area (Å²) in [6, 6.07) is 5.28. The van der Waals surface area contributed by atoms with Crippen molar-refractivity contribution in [1.29, 1.82) is 0 Å². The van der Waals surface area contributed by atoms with Gasteiger partial charge in [0.25, 0.3) is 0 Å². The number of hydrogen-bond acceptors (Lipinski definition) is 6. The highest BCUT2D eigenvalue weighted by Crippen LogP contribution is 2.60. The maximum atomic E-state index is 12.6. The average Bonchev–Trinajstić information content (AvgIpc) is 2.86.